The predicted molar refractivity (Wildman–Crippen MR) is 97.2 cm³/mol. The van der Waals surface area contributed by atoms with Gasteiger partial charge in [-0.3, -0.25) is 9.59 Å². The van der Waals surface area contributed by atoms with Crippen LogP contribution >= 0.6 is 0 Å². The molecule has 0 saturated carbocycles. The lowest BCUT2D eigenvalue weighted by molar-refractivity contribution is -0.143. The summed E-state index contributed by atoms with van der Waals surface area (Å²) >= 11 is 0. The fourth-order valence-corrected chi connectivity index (χ4v) is 2.97. The van der Waals surface area contributed by atoms with Gasteiger partial charge in [0.25, 0.3) is 5.91 Å². The number of hydrogen-bond donors (Lipinski definition) is 1. The van der Waals surface area contributed by atoms with Crippen LogP contribution in [0.25, 0.3) is 17.0 Å². The van der Waals surface area contributed by atoms with Crippen molar-refractivity contribution < 1.29 is 19.1 Å². The molecule has 136 valence electrons. The van der Waals surface area contributed by atoms with Gasteiger partial charge in [-0.15, -0.1) is 0 Å². The monoisotopic (exact) mass is 355 g/mol. The van der Waals surface area contributed by atoms with Crippen LogP contribution in [0, 0.1) is 0 Å². The lowest BCUT2D eigenvalue weighted by Gasteiger charge is -2.12. The summed E-state index contributed by atoms with van der Waals surface area (Å²) in [6.45, 7) is 3.83. The van der Waals surface area contributed by atoms with Gasteiger partial charge in [0.15, 0.2) is 0 Å². The fourth-order valence-electron chi connectivity index (χ4n) is 2.97. The van der Waals surface area contributed by atoms with Crippen molar-refractivity contribution in [2.75, 3.05) is 13.7 Å². The fraction of sp³-hybridized carbons (Fsp3) is 0.316. The molecule has 1 N–H and O–H groups in total. The number of carbonyl (C=O) groups excluding carboxylic acids is 3. The Morgan fingerprint density at radius 3 is 2.73 bits per heavy atom. The van der Waals surface area contributed by atoms with Gasteiger partial charge in [-0.25, -0.2) is 9.69 Å². The van der Waals surface area contributed by atoms with Crippen molar-refractivity contribution in [2.45, 2.75) is 26.3 Å². The first-order valence-corrected chi connectivity index (χ1v) is 8.47. The number of carbonyl (C=O) groups is 3. The number of hydrogen-bond acceptors (Lipinski definition) is 4. The van der Waals surface area contributed by atoms with E-state index in [1.54, 1.807) is 6.08 Å². The van der Waals surface area contributed by atoms with Gasteiger partial charge in [0.1, 0.15) is 12.2 Å². The van der Waals surface area contributed by atoms with Crippen LogP contribution in [0.4, 0.5) is 4.79 Å². The molecule has 1 aliphatic heterocycles. The predicted octanol–water partition coefficient (Wildman–Crippen LogP) is 2.68. The minimum atomic E-state index is -0.650. The van der Waals surface area contributed by atoms with Gasteiger partial charge in [0, 0.05) is 28.7 Å². The lowest BCUT2D eigenvalue weighted by Crippen LogP contribution is -2.36. The highest BCUT2D eigenvalue weighted by molar-refractivity contribution is 6.15. The Morgan fingerprint density at radius 1 is 1.31 bits per heavy atom. The smallest absolute Gasteiger partial charge is 0.329 e. The largest absolute Gasteiger partial charge is 0.468 e. The molecule has 3 amide bonds. The quantitative estimate of drug-likeness (QED) is 0.508. The lowest BCUT2D eigenvalue weighted by atomic mass is 10.1. The second-order valence-electron chi connectivity index (χ2n) is 6.22. The van der Waals surface area contributed by atoms with Crippen LogP contribution in [-0.2, 0) is 14.3 Å². The number of rotatable bonds is 5. The molecular formula is C19H21N3O4. The number of urea groups is 1. The minimum Gasteiger partial charge on any atom is -0.468 e. The summed E-state index contributed by atoms with van der Waals surface area (Å²) < 4.78 is 6.69. The summed E-state index contributed by atoms with van der Waals surface area (Å²) in [5.41, 5.74) is 2.05. The summed E-state index contributed by atoms with van der Waals surface area (Å²) in [6.07, 6.45) is 4.60. The average molecular weight is 355 g/mol. The number of nitrogens with one attached hydrogen (secondary N) is 1. The topological polar surface area (TPSA) is 80.6 Å². The molecule has 3 rings (SSSR count). The number of ether oxygens (including phenoxy) is 1. The Balaban J connectivity index is 1.99. The molecule has 1 aromatic carbocycles. The van der Waals surface area contributed by atoms with Gasteiger partial charge in [-0.2, -0.15) is 0 Å². The zero-order chi connectivity index (χ0) is 18.8. The molecule has 7 nitrogen and oxygen atoms in total. The number of methoxy groups -OCH3 is 1. The second-order valence-corrected chi connectivity index (χ2v) is 6.22. The molecule has 0 spiro atoms. The zero-order valence-electron chi connectivity index (χ0n) is 15.0. The van der Waals surface area contributed by atoms with Crippen molar-refractivity contribution in [1.29, 1.82) is 0 Å². The van der Waals surface area contributed by atoms with Crippen LogP contribution in [-0.4, -0.2) is 41.0 Å². The number of aromatic nitrogens is 1. The first-order valence-electron chi connectivity index (χ1n) is 8.47. The van der Waals surface area contributed by atoms with E-state index >= 15 is 0 Å². The molecule has 1 aromatic heterocycles. The van der Waals surface area contributed by atoms with Gasteiger partial charge in [-0.1, -0.05) is 25.1 Å². The molecule has 7 heteroatoms. The second kappa shape index (κ2) is 7.03. The van der Waals surface area contributed by atoms with Gasteiger partial charge >= 0.3 is 12.0 Å². The molecule has 0 aliphatic carbocycles. The third-order valence-corrected chi connectivity index (χ3v) is 4.61. The summed E-state index contributed by atoms with van der Waals surface area (Å²) in [7, 11) is 1.21. The van der Waals surface area contributed by atoms with Crippen LogP contribution < -0.4 is 5.32 Å². The molecule has 1 unspecified atom stereocenters. The van der Waals surface area contributed by atoms with Crippen molar-refractivity contribution in [3.63, 3.8) is 0 Å². The molecule has 1 fully saturated rings. The molecular weight excluding hydrogens is 334 g/mol. The van der Waals surface area contributed by atoms with E-state index in [4.69, 9.17) is 0 Å². The summed E-state index contributed by atoms with van der Waals surface area (Å²) in [6, 6.07) is 7.59. The highest BCUT2D eigenvalue weighted by Gasteiger charge is 2.35. The number of fused-ring (bicyclic) bond motifs is 1. The third-order valence-electron chi connectivity index (χ3n) is 4.61. The van der Waals surface area contributed by atoms with E-state index in [0.717, 1.165) is 27.8 Å². The number of benzene rings is 1. The minimum absolute atomic E-state index is 0.144. The molecule has 1 atom stereocenters. The molecule has 0 bridgehead atoms. The van der Waals surface area contributed by atoms with Crippen LogP contribution in [0.5, 0.6) is 0 Å². The Labute approximate surface area is 151 Å². The first-order chi connectivity index (χ1) is 12.5. The van der Waals surface area contributed by atoms with Crippen molar-refractivity contribution >= 4 is 34.9 Å². The zero-order valence-corrected chi connectivity index (χ0v) is 15.0. The highest BCUT2D eigenvalue weighted by Crippen LogP contribution is 2.28. The van der Waals surface area contributed by atoms with Crippen molar-refractivity contribution in [3.8, 4) is 0 Å². The summed E-state index contributed by atoms with van der Waals surface area (Å²) in [5.74, 6) is -1.19. The van der Waals surface area contributed by atoms with Crippen LogP contribution in [0.2, 0.25) is 0 Å². The Hall–Kier alpha value is -3.09. The van der Waals surface area contributed by atoms with E-state index < -0.39 is 24.5 Å². The van der Waals surface area contributed by atoms with Crippen LogP contribution in [0.15, 0.2) is 36.2 Å². The van der Waals surface area contributed by atoms with Crippen molar-refractivity contribution in [3.05, 3.63) is 41.7 Å². The molecule has 1 saturated heterocycles. The molecule has 26 heavy (non-hydrogen) atoms. The van der Waals surface area contributed by atoms with Gasteiger partial charge in [0.2, 0.25) is 0 Å². The number of esters is 1. The Kier molecular flexibility index (Phi) is 4.79. The van der Waals surface area contributed by atoms with Crippen molar-refractivity contribution in [1.82, 2.24) is 14.8 Å². The number of nitrogens with zero attached hydrogens (tertiary/aromatic N) is 2. The number of para-hydroxylation sites is 1. The Bertz CT molecular complexity index is 913. The molecule has 2 heterocycles. The first kappa shape index (κ1) is 17.7. The standard InChI is InChI=1S/C19H21N3O4/c1-4-12(2)21-10-13(14-7-5-6-8-16(14)21)9-15-18(24)22(19(25)20-15)11-17(23)26-3/h5-10,12H,4,11H2,1-3H3,(H,20,25). The number of amides is 3. The van der Waals surface area contributed by atoms with Gasteiger partial charge in [0.05, 0.1) is 7.11 Å². The summed E-state index contributed by atoms with van der Waals surface area (Å²) in [4.78, 5) is 36.7. The molecule has 2 aromatic rings. The SMILES string of the molecule is CCC(C)n1cc(C=C2NC(=O)N(CC(=O)OC)C2=O)c2ccccc21. The van der Waals surface area contributed by atoms with E-state index in [-0.39, 0.29) is 5.70 Å². The molecule has 1 aliphatic rings. The summed E-state index contributed by atoms with van der Waals surface area (Å²) in [5, 5.41) is 3.52. The van der Waals surface area contributed by atoms with Crippen LogP contribution in [0.3, 0.4) is 0 Å². The third kappa shape index (κ3) is 3.08. The van der Waals surface area contributed by atoms with Gasteiger partial charge in [-0.05, 0) is 25.5 Å². The van der Waals surface area contributed by atoms with E-state index in [2.05, 4.69) is 28.5 Å². The average Bonchev–Trinajstić information content (AvgIpc) is 3.14. The highest BCUT2D eigenvalue weighted by atomic mass is 16.5. The molecule has 0 radical (unpaired) electrons. The van der Waals surface area contributed by atoms with Gasteiger partial charge < -0.3 is 14.6 Å². The maximum atomic E-state index is 12.5. The normalized spacial score (nSPS) is 17.0. The van der Waals surface area contributed by atoms with E-state index in [9.17, 15) is 14.4 Å². The Morgan fingerprint density at radius 2 is 2.04 bits per heavy atom. The van der Waals surface area contributed by atoms with E-state index in [0.29, 0.717) is 6.04 Å². The number of imide groups is 1. The van der Waals surface area contributed by atoms with Crippen molar-refractivity contribution in [2.24, 2.45) is 0 Å². The van der Waals surface area contributed by atoms with E-state index in [1.165, 1.54) is 7.11 Å². The van der Waals surface area contributed by atoms with Crippen LogP contribution in [0.1, 0.15) is 31.9 Å². The maximum Gasteiger partial charge on any atom is 0.329 e. The van der Waals surface area contributed by atoms with E-state index in [1.807, 2.05) is 30.5 Å². The maximum absolute atomic E-state index is 12.5.